The quantitative estimate of drug-likeness (QED) is 0.737. The lowest BCUT2D eigenvalue weighted by Crippen LogP contribution is -2.03. The smallest absolute Gasteiger partial charge is 0.190 e. The minimum atomic E-state index is 0.269. The number of nitriles is 1. The van der Waals surface area contributed by atoms with E-state index in [1.807, 2.05) is 67.6 Å². The maximum absolute atomic E-state index is 9.33. The molecule has 0 aliphatic heterocycles. The molecular formula is C19H16N4O. The lowest BCUT2D eigenvalue weighted by molar-refractivity contribution is 0.411. The summed E-state index contributed by atoms with van der Waals surface area (Å²) in [5.41, 5.74) is 3.73. The van der Waals surface area contributed by atoms with E-state index in [1.54, 1.807) is 11.8 Å². The van der Waals surface area contributed by atoms with Crippen molar-refractivity contribution in [2.75, 3.05) is 7.11 Å². The van der Waals surface area contributed by atoms with Crippen molar-refractivity contribution in [1.82, 2.24) is 15.0 Å². The summed E-state index contributed by atoms with van der Waals surface area (Å²) in [7, 11) is 1.61. The molecule has 5 heteroatoms. The average Bonchev–Trinajstić information content (AvgIpc) is 3.03. The SMILES string of the molecule is COc1ccc(C)cc1-n1nnc(C#N)c1/C=C/c1ccccc1. The minimum Gasteiger partial charge on any atom is -0.494 e. The van der Waals surface area contributed by atoms with Gasteiger partial charge >= 0.3 is 0 Å². The highest BCUT2D eigenvalue weighted by atomic mass is 16.5. The normalized spacial score (nSPS) is 10.7. The summed E-state index contributed by atoms with van der Waals surface area (Å²) in [5, 5.41) is 17.4. The maximum Gasteiger partial charge on any atom is 0.190 e. The molecule has 118 valence electrons. The summed E-state index contributed by atoms with van der Waals surface area (Å²) in [5.74, 6) is 0.671. The van der Waals surface area contributed by atoms with E-state index in [0.29, 0.717) is 11.4 Å². The number of rotatable bonds is 4. The predicted octanol–water partition coefficient (Wildman–Crippen LogP) is 3.63. The average molecular weight is 316 g/mol. The van der Waals surface area contributed by atoms with Gasteiger partial charge in [0.1, 0.15) is 23.2 Å². The van der Waals surface area contributed by atoms with Crippen LogP contribution in [0.15, 0.2) is 48.5 Å². The van der Waals surface area contributed by atoms with Crippen LogP contribution < -0.4 is 4.74 Å². The lowest BCUT2D eigenvalue weighted by atomic mass is 10.1. The molecule has 0 amide bonds. The van der Waals surface area contributed by atoms with E-state index in [1.165, 1.54) is 0 Å². The van der Waals surface area contributed by atoms with Crippen LogP contribution in [0, 0.1) is 18.3 Å². The highest BCUT2D eigenvalue weighted by Gasteiger charge is 2.15. The van der Waals surface area contributed by atoms with Gasteiger partial charge in [0, 0.05) is 0 Å². The number of aromatic nitrogens is 3. The first kappa shape index (κ1) is 15.5. The van der Waals surface area contributed by atoms with Gasteiger partial charge in [0.25, 0.3) is 0 Å². The second-order valence-electron chi connectivity index (χ2n) is 5.27. The van der Waals surface area contributed by atoms with Gasteiger partial charge in [-0.1, -0.05) is 47.7 Å². The van der Waals surface area contributed by atoms with Crippen LogP contribution in [0.5, 0.6) is 5.75 Å². The van der Waals surface area contributed by atoms with Crippen molar-refractivity contribution < 1.29 is 4.74 Å². The zero-order valence-electron chi connectivity index (χ0n) is 13.5. The minimum absolute atomic E-state index is 0.269. The van der Waals surface area contributed by atoms with Gasteiger partial charge < -0.3 is 4.74 Å². The summed E-state index contributed by atoms with van der Waals surface area (Å²) >= 11 is 0. The van der Waals surface area contributed by atoms with Gasteiger partial charge in [-0.2, -0.15) is 5.26 Å². The van der Waals surface area contributed by atoms with Crippen LogP contribution in [0.1, 0.15) is 22.5 Å². The van der Waals surface area contributed by atoms with Crippen molar-refractivity contribution in [2.45, 2.75) is 6.92 Å². The third-order valence-corrected chi connectivity index (χ3v) is 3.61. The Morgan fingerprint density at radius 3 is 2.62 bits per heavy atom. The fraction of sp³-hybridized carbons (Fsp3) is 0.105. The molecule has 1 aromatic heterocycles. The largest absolute Gasteiger partial charge is 0.494 e. The van der Waals surface area contributed by atoms with Crippen LogP contribution >= 0.6 is 0 Å². The number of hydrogen-bond donors (Lipinski definition) is 0. The summed E-state index contributed by atoms with van der Waals surface area (Å²) in [4.78, 5) is 0. The molecule has 2 aromatic carbocycles. The molecule has 0 bridgehead atoms. The molecule has 0 fully saturated rings. The molecule has 5 nitrogen and oxygen atoms in total. The van der Waals surface area contributed by atoms with E-state index < -0.39 is 0 Å². The van der Waals surface area contributed by atoms with Gasteiger partial charge in [-0.05, 0) is 36.3 Å². The molecule has 24 heavy (non-hydrogen) atoms. The number of hydrogen-bond acceptors (Lipinski definition) is 4. The lowest BCUT2D eigenvalue weighted by Gasteiger charge is -2.10. The predicted molar refractivity (Wildman–Crippen MR) is 92.7 cm³/mol. The number of ether oxygens (including phenoxy) is 1. The van der Waals surface area contributed by atoms with Crippen molar-refractivity contribution in [3.8, 4) is 17.5 Å². The fourth-order valence-corrected chi connectivity index (χ4v) is 2.40. The van der Waals surface area contributed by atoms with Gasteiger partial charge in [0.05, 0.1) is 7.11 Å². The standard InChI is InChI=1S/C19H16N4O/c1-14-8-11-19(24-2)18(12-14)23-17(16(13-20)21-22-23)10-9-15-6-4-3-5-7-15/h3-12H,1-2H3/b10-9+. The van der Waals surface area contributed by atoms with Gasteiger partial charge in [0.2, 0.25) is 0 Å². The third-order valence-electron chi connectivity index (χ3n) is 3.61. The Kier molecular flexibility index (Phi) is 4.39. The Morgan fingerprint density at radius 1 is 1.12 bits per heavy atom. The second-order valence-corrected chi connectivity index (χ2v) is 5.27. The van der Waals surface area contributed by atoms with Crippen molar-refractivity contribution >= 4 is 12.2 Å². The zero-order chi connectivity index (χ0) is 16.9. The Morgan fingerprint density at radius 2 is 1.92 bits per heavy atom. The molecule has 3 rings (SSSR count). The Bertz CT molecular complexity index is 920. The van der Waals surface area contributed by atoms with E-state index in [9.17, 15) is 5.26 Å². The first-order valence-corrected chi connectivity index (χ1v) is 7.47. The number of methoxy groups -OCH3 is 1. The van der Waals surface area contributed by atoms with Crippen molar-refractivity contribution in [3.05, 3.63) is 71.0 Å². The summed E-state index contributed by atoms with van der Waals surface area (Å²) in [6, 6.07) is 17.7. The van der Waals surface area contributed by atoms with Crippen LogP contribution in [0.3, 0.4) is 0 Å². The van der Waals surface area contributed by atoms with Gasteiger partial charge in [-0.25, -0.2) is 4.68 Å². The number of aryl methyl sites for hydroxylation is 1. The van der Waals surface area contributed by atoms with E-state index in [2.05, 4.69) is 16.4 Å². The molecule has 0 aliphatic rings. The first-order valence-electron chi connectivity index (χ1n) is 7.47. The molecule has 0 aliphatic carbocycles. The van der Waals surface area contributed by atoms with Crippen molar-refractivity contribution in [1.29, 1.82) is 5.26 Å². The molecule has 0 unspecified atom stereocenters. The molecule has 0 radical (unpaired) electrons. The number of benzene rings is 2. The van der Waals surface area contributed by atoms with Crippen LogP contribution in [0.25, 0.3) is 17.8 Å². The van der Waals surface area contributed by atoms with E-state index >= 15 is 0 Å². The molecule has 0 saturated heterocycles. The Labute approximate surface area is 140 Å². The molecule has 0 spiro atoms. The van der Waals surface area contributed by atoms with Crippen LogP contribution in [-0.2, 0) is 0 Å². The van der Waals surface area contributed by atoms with Crippen LogP contribution in [0.2, 0.25) is 0 Å². The number of nitrogens with zero attached hydrogens (tertiary/aromatic N) is 4. The van der Waals surface area contributed by atoms with Crippen molar-refractivity contribution in [2.24, 2.45) is 0 Å². The van der Waals surface area contributed by atoms with Crippen LogP contribution in [0.4, 0.5) is 0 Å². The third kappa shape index (κ3) is 3.03. The summed E-state index contributed by atoms with van der Waals surface area (Å²) in [6.45, 7) is 1.99. The zero-order valence-corrected chi connectivity index (χ0v) is 13.5. The summed E-state index contributed by atoms with van der Waals surface area (Å²) < 4.78 is 7.05. The molecule has 0 atom stereocenters. The second kappa shape index (κ2) is 6.80. The monoisotopic (exact) mass is 316 g/mol. The van der Waals surface area contributed by atoms with E-state index in [0.717, 1.165) is 16.8 Å². The molecular weight excluding hydrogens is 300 g/mol. The fourth-order valence-electron chi connectivity index (χ4n) is 2.40. The molecule has 3 aromatic rings. The maximum atomic E-state index is 9.33. The molecule has 0 N–H and O–H groups in total. The van der Waals surface area contributed by atoms with Gasteiger partial charge in [-0.15, -0.1) is 5.10 Å². The first-order chi connectivity index (χ1) is 11.7. The highest BCUT2D eigenvalue weighted by molar-refractivity contribution is 5.71. The highest BCUT2D eigenvalue weighted by Crippen LogP contribution is 2.26. The van der Waals surface area contributed by atoms with E-state index in [-0.39, 0.29) is 5.69 Å². The summed E-state index contributed by atoms with van der Waals surface area (Å²) in [6.07, 6.45) is 3.77. The topological polar surface area (TPSA) is 63.7 Å². The van der Waals surface area contributed by atoms with Crippen molar-refractivity contribution in [3.63, 3.8) is 0 Å². The molecule has 0 saturated carbocycles. The van der Waals surface area contributed by atoms with E-state index in [4.69, 9.17) is 4.74 Å². The van der Waals surface area contributed by atoms with Gasteiger partial charge in [0.15, 0.2) is 5.69 Å². The van der Waals surface area contributed by atoms with Crippen LogP contribution in [-0.4, -0.2) is 22.1 Å². The van der Waals surface area contributed by atoms with Gasteiger partial charge in [-0.3, -0.25) is 0 Å². The molecule has 1 heterocycles. The Hall–Kier alpha value is -3.39. The Balaban J connectivity index is 2.11.